The van der Waals surface area contributed by atoms with Crippen molar-refractivity contribution < 1.29 is 9.53 Å². The third-order valence-electron chi connectivity index (χ3n) is 1.92. The van der Waals surface area contributed by atoms with E-state index in [1.165, 1.54) is 0 Å². The van der Waals surface area contributed by atoms with Crippen LogP contribution in [0.1, 0.15) is 5.69 Å². The van der Waals surface area contributed by atoms with E-state index in [4.69, 9.17) is 4.74 Å². The van der Waals surface area contributed by atoms with Crippen LogP contribution in [0.2, 0.25) is 0 Å². The molecule has 0 saturated carbocycles. The average Bonchev–Trinajstić information content (AvgIpc) is 2.64. The minimum atomic E-state index is -0.231. The number of rotatable bonds is 2. The first kappa shape index (κ1) is 8.62. The molecule has 0 aliphatic carbocycles. The molecule has 0 atom stereocenters. The molecule has 1 aromatic rings. The van der Waals surface area contributed by atoms with Crippen LogP contribution in [0.5, 0.6) is 0 Å². The Hall–Kier alpha value is -0.970. The highest BCUT2D eigenvalue weighted by atomic mass is 79.9. The van der Waals surface area contributed by atoms with Crippen LogP contribution in [-0.4, -0.2) is 29.1 Å². The van der Waals surface area contributed by atoms with Crippen molar-refractivity contribution in [3.05, 3.63) is 22.4 Å². The molecule has 1 aromatic heterocycles. The summed E-state index contributed by atoms with van der Waals surface area (Å²) >= 11 is 3.31. The van der Waals surface area contributed by atoms with Gasteiger partial charge in [-0.05, 0) is 28.1 Å². The molecule has 0 unspecified atom stereocenters. The van der Waals surface area contributed by atoms with E-state index >= 15 is 0 Å². The summed E-state index contributed by atoms with van der Waals surface area (Å²) in [5, 5.41) is 0. The summed E-state index contributed by atoms with van der Waals surface area (Å²) in [7, 11) is 0. The van der Waals surface area contributed by atoms with Crippen LogP contribution in [0.3, 0.4) is 0 Å². The Balaban J connectivity index is 2.01. The van der Waals surface area contributed by atoms with E-state index in [0.717, 1.165) is 10.3 Å². The Bertz CT molecular complexity index is 324. The molecule has 0 spiro atoms. The number of ether oxygens (including phenoxy) is 1. The van der Waals surface area contributed by atoms with Crippen molar-refractivity contribution in [1.29, 1.82) is 0 Å². The SMILES string of the molecule is O=C1OCCN1Cc1ccc(Br)[nH]1. The first-order chi connectivity index (χ1) is 6.25. The van der Waals surface area contributed by atoms with Gasteiger partial charge in [0.2, 0.25) is 0 Å². The van der Waals surface area contributed by atoms with Gasteiger partial charge in [-0.25, -0.2) is 4.79 Å². The Morgan fingerprint density at radius 2 is 2.46 bits per heavy atom. The highest BCUT2D eigenvalue weighted by Crippen LogP contribution is 2.13. The number of halogens is 1. The number of H-pyrrole nitrogens is 1. The topological polar surface area (TPSA) is 45.3 Å². The van der Waals surface area contributed by atoms with Crippen LogP contribution < -0.4 is 0 Å². The van der Waals surface area contributed by atoms with Crippen molar-refractivity contribution in [2.45, 2.75) is 6.54 Å². The van der Waals surface area contributed by atoms with E-state index < -0.39 is 0 Å². The van der Waals surface area contributed by atoms with Crippen molar-refractivity contribution in [2.75, 3.05) is 13.2 Å². The fraction of sp³-hybridized carbons (Fsp3) is 0.375. The van der Waals surface area contributed by atoms with Crippen LogP contribution in [0.25, 0.3) is 0 Å². The second-order valence-corrected chi connectivity index (χ2v) is 3.72. The molecule has 0 aromatic carbocycles. The minimum Gasteiger partial charge on any atom is -0.448 e. The molecular weight excluding hydrogens is 236 g/mol. The molecule has 0 radical (unpaired) electrons. The number of aromatic nitrogens is 1. The molecule has 1 aliphatic heterocycles. The minimum absolute atomic E-state index is 0.231. The maximum absolute atomic E-state index is 11.1. The summed E-state index contributed by atoms with van der Waals surface area (Å²) < 4.78 is 5.73. The molecule has 2 rings (SSSR count). The fourth-order valence-electron chi connectivity index (χ4n) is 1.28. The van der Waals surface area contributed by atoms with Crippen molar-refractivity contribution in [2.24, 2.45) is 0 Å². The van der Waals surface area contributed by atoms with Gasteiger partial charge in [0.25, 0.3) is 0 Å². The van der Waals surface area contributed by atoms with Crippen molar-refractivity contribution in [3.63, 3.8) is 0 Å². The standard InChI is InChI=1S/C8H9BrN2O2/c9-7-2-1-6(10-7)5-11-3-4-13-8(11)12/h1-2,10H,3-5H2. The largest absolute Gasteiger partial charge is 0.448 e. The van der Waals surface area contributed by atoms with Gasteiger partial charge in [-0.2, -0.15) is 0 Å². The van der Waals surface area contributed by atoms with Crippen LogP contribution in [0.15, 0.2) is 16.7 Å². The lowest BCUT2D eigenvalue weighted by Gasteiger charge is -2.10. The van der Waals surface area contributed by atoms with Gasteiger partial charge in [0, 0.05) is 5.69 Å². The van der Waals surface area contributed by atoms with Gasteiger partial charge >= 0.3 is 6.09 Å². The van der Waals surface area contributed by atoms with E-state index in [0.29, 0.717) is 19.7 Å². The summed E-state index contributed by atoms with van der Waals surface area (Å²) in [4.78, 5) is 15.8. The maximum Gasteiger partial charge on any atom is 0.410 e. The summed E-state index contributed by atoms with van der Waals surface area (Å²) in [5.41, 5.74) is 1.01. The number of hydrogen-bond donors (Lipinski definition) is 1. The number of hydrogen-bond acceptors (Lipinski definition) is 2. The third-order valence-corrected chi connectivity index (χ3v) is 2.38. The lowest BCUT2D eigenvalue weighted by Crippen LogP contribution is -2.23. The molecular formula is C8H9BrN2O2. The summed E-state index contributed by atoms with van der Waals surface area (Å²) in [6, 6.07) is 3.85. The predicted octanol–water partition coefficient (Wildman–Crippen LogP) is 1.73. The highest BCUT2D eigenvalue weighted by molar-refractivity contribution is 9.10. The summed E-state index contributed by atoms with van der Waals surface area (Å²) in [6.07, 6.45) is -0.231. The molecule has 13 heavy (non-hydrogen) atoms. The Morgan fingerprint density at radius 3 is 3.00 bits per heavy atom. The lowest BCUT2D eigenvalue weighted by molar-refractivity contribution is 0.157. The Labute approximate surface area is 84.0 Å². The van der Waals surface area contributed by atoms with Gasteiger partial charge in [0.1, 0.15) is 6.61 Å². The van der Waals surface area contributed by atoms with Crippen LogP contribution in [0.4, 0.5) is 4.79 Å². The van der Waals surface area contributed by atoms with Crippen molar-refractivity contribution >= 4 is 22.0 Å². The number of nitrogens with zero attached hydrogens (tertiary/aromatic N) is 1. The second-order valence-electron chi connectivity index (χ2n) is 2.87. The zero-order valence-corrected chi connectivity index (χ0v) is 8.50. The van der Waals surface area contributed by atoms with E-state index in [2.05, 4.69) is 20.9 Å². The molecule has 2 heterocycles. The van der Waals surface area contributed by atoms with Gasteiger partial charge in [0.15, 0.2) is 0 Å². The normalized spacial score (nSPS) is 16.4. The molecule has 1 saturated heterocycles. The third kappa shape index (κ3) is 1.85. The molecule has 1 aliphatic rings. The molecule has 1 amide bonds. The monoisotopic (exact) mass is 244 g/mol. The van der Waals surface area contributed by atoms with Crippen LogP contribution in [-0.2, 0) is 11.3 Å². The van der Waals surface area contributed by atoms with Gasteiger partial charge < -0.3 is 9.72 Å². The lowest BCUT2D eigenvalue weighted by atomic mass is 10.4. The van der Waals surface area contributed by atoms with E-state index in [1.54, 1.807) is 4.90 Å². The van der Waals surface area contributed by atoms with Gasteiger partial charge in [0.05, 0.1) is 17.7 Å². The smallest absolute Gasteiger partial charge is 0.410 e. The second kappa shape index (κ2) is 3.41. The quantitative estimate of drug-likeness (QED) is 0.862. The average molecular weight is 245 g/mol. The van der Waals surface area contributed by atoms with E-state index in [-0.39, 0.29) is 6.09 Å². The first-order valence-corrected chi connectivity index (χ1v) is 4.80. The number of amides is 1. The van der Waals surface area contributed by atoms with Gasteiger partial charge in [-0.3, -0.25) is 4.90 Å². The molecule has 5 heteroatoms. The zero-order chi connectivity index (χ0) is 9.26. The first-order valence-electron chi connectivity index (χ1n) is 4.01. The number of carbonyl (C=O) groups excluding carboxylic acids is 1. The maximum atomic E-state index is 11.1. The molecule has 1 fully saturated rings. The number of carbonyl (C=O) groups is 1. The molecule has 0 bridgehead atoms. The summed E-state index contributed by atoms with van der Waals surface area (Å²) in [6.45, 7) is 1.76. The fourth-order valence-corrected chi connectivity index (χ4v) is 1.66. The van der Waals surface area contributed by atoms with Gasteiger partial charge in [-0.15, -0.1) is 0 Å². The Morgan fingerprint density at radius 1 is 1.62 bits per heavy atom. The Kier molecular flexibility index (Phi) is 2.26. The van der Waals surface area contributed by atoms with E-state index in [9.17, 15) is 4.79 Å². The predicted molar refractivity (Wildman–Crippen MR) is 50.3 cm³/mol. The zero-order valence-electron chi connectivity index (χ0n) is 6.92. The van der Waals surface area contributed by atoms with E-state index in [1.807, 2.05) is 12.1 Å². The number of nitrogens with one attached hydrogen (secondary N) is 1. The summed E-state index contributed by atoms with van der Waals surface area (Å²) in [5.74, 6) is 0. The van der Waals surface area contributed by atoms with Crippen LogP contribution in [0, 0.1) is 0 Å². The number of cyclic esters (lactones) is 1. The molecule has 4 nitrogen and oxygen atoms in total. The van der Waals surface area contributed by atoms with Crippen molar-refractivity contribution in [1.82, 2.24) is 9.88 Å². The molecule has 1 N–H and O–H groups in total. The van der Waals surface area contributed by atoms with Crippen molar-refractivity contribution in [3.8, 4) is 0 Å². The van der Waals surface area contributed by atoms with Crippen LogP contribution >= 0.6 is 15.9 Å². The molecule has 70 valence electrons. The van der Waals surface area contributed by atoms with Gasteiger partial charge in [-0.1, -0.05) is 0 Å². The number of aromatic amines is 1. The highest BCUT2D eigenvalue weighted by Gasteiger charge is 2.21.